The van der Waals surface area contributed by atoms with Gasteiger partial charge >= 0.3 is 0 Å². The predicted molar refractivity (Wildman–Crippen MR) is 140 cm³/mol. The molecule has 6 nitrogen and oxygen atoms in total. The summed E-state index contributed by atoms with van der Waals surface area (Å²) in [7, 11) is -1.07. The third-order valence-electron chi connectivity index (χ3n) is 7.39. The van der Waals surface area contributed by atoms with Crippen LogP contribution in [0.25, 0.3) is 0 Å². The number of sulfone groups is 1. The SMILES string of the molecule is CCS(=O)(=O)C[C@H]1CN(C2CCC(c3cc(C)n(C)n3)CC2)[C@@H](Cc2ccc(Cl)cc2)CO1.Cl. The molecule has 2 fully saturated rings. The van der Waals surface area contributed by atoms with Crippen LogP contribution in [0.4, 0.5) is 0 Å². The number of hydrogen-bond donors (Lipinski definition) is 0. The number of halogens is 2. The molecule has 1 aliphatic heterocycles. The van der Waals surface area contributed by atoms with Crippen molar-refractivity contribution in [3.63, 3.8) is 0 Å². The Morgan fingerprint density at radius 3 is 2.41 bits per heavy atom. The highest BCUT2D eigenvalue weighted by Crippen LogP contribution is 2.36. The van der Waals surface area contributed by atoms with Gasteiger partial charge in [0.15, 0.2) is 9.84 Å². The fraction of sp³-hybridized carbons (Fsp3) is 0.640. The number of nitrogens with zero attached hydrogens (tertiary/aromatic N) is 3. The van der Waals surface area contributed by atoms with E-state index in [2.05, 4.69) is 30.0 Å². The fourth-order valence-electron chi connectivity index (χ4n) is 5.29. The number of rotatable bonds is 7. The summed E-state index contributed by atoms with van der Waals surface area (Å²) in [6, 6.07) is 10.9. The first-order valence-electron chi connectivity index (χ1n) is 12.1. The Labute approximate surface area is 215 Å². The molecule has 1 saturated heterocycles. The van der Waals surface area contributed by atoms with Gasteiger partial charge in [-0.2, -0.15) is 5.10 Å². The van der Waals surface area contributed by atoms with Gasteiger partial charge in [-0.15, -0.1) is 12.4 Å². The zero-order valence-electron chi connectivity index (χ0n) is 20.3. The van der Waals surface area contributed by atoms with Crippen molar-refractivity contribution in [2.45, 2.75) is 70.1 Å². The second-order valence-electron chi connectivity index (χ2n) is 9.68. The number of aryl methyl sites for hydroxylation is 2. The number of ether oxygens (including phenoxy) is 1. The van der Waals surface area contributed by atoms with Crippen molar-refractivity contribution < 1.29 is 13.2 Å². The first kappa shape index (κ1) is 27.5. The minimum Gasteiger partial charge on any atom is -0.374 e. The molecule has 0 unspecified atom stereocenters. The van der Waals surface area contributed by atoms with Crippen LogP contribution in [-0.2, 0) is 28.0 Å². The summed E-state index contributed by atoms with van der Waals surface area (Å²) in [6.07, 6.45) is 5.06. The largest absolute Gasteiger partial charge is 0.374 e. The molecule has 190 valence electrons. The van der Waals surface area contributed by atoms with Crippen LogP contribution in [0, 0.1) is 6.92 Å². The molecule has 1 saturated carbocycles. The molecule has 2 aliphatic rings. The second kappa shape index (κ2) is 11.7. The average Bonchev–Trinajstić information content (AvgIpc) is 3.14. The van der Waals surface area contributed by atoms with Crippen molar-refractivity contribution in [3.8, 4) is 0 Å². The first-order valence-corrected chi connectivity index (χ1v) is 14.3. The van der Waals surface area contributed by atoms with Crippen LogP contribution in [0.15, 0.2) is 30.3 Å². The van der Waals surface area contributed by atoms with E-state index in [1.165, 1.54) is 17.0 Å². The van der Waals surface area contributed by atoms with Crippen LogP contribution in [0.2, 0.25) is 5.02 Å². The van der Waals surface area contributed by atoms with Gasteiger partial charge in [0.25, 0.3) is 0 Å². The van der Waals surface area contributed by atoms with E-state index in [4.69, 9.17) is 21.4 Å². The zero-order chi connectivity index (χ0) is 23.6. The smallest absolute Gasteiger partial charge is 0.152 e. The summed E-state index contributed by atoms with van der Waals surface area (Å²) < 4.78 is 32.6. The molecule has 0 N–H and O–H groups in total. The minimum absolute atomic E-state index is 0. The maximum Gasteiger partial charge on any atom is 0.152 e. The van der Waals surface area contributed by atoms with Gasteiger partial charge in [0.1, 0.15) is 0 Å². The highest BCUT2D eigenvalue weighted by molar-refractivity contribution is 7.91. The summed E-state index contributed by atoms with van der Waals surface area (Å²) in [4.78, 5) is 2.55. The van der Waals surface area contributed by atoms with E-state index >= 15 is 0 Å². The fourth-order valence-corrected chi connectivity index (χ4v) is 6.42. The van der Waals surface area contributed by atoms with Gasteiger partial charge in [0.2, 0.25) is 0 Å². The van der Waals surface area contributed by atoms with Crippen LogP contribution in [0.3, 0.4) is 0 Å². The average molecular weight is 531 g/mol. The Kier molecular flexibility index (Phi) is 9.49. The van der Waals surface area contributed by atoms with Crippen LogP contribution >= 0.6 is 24.0 Å². The summed E-state index contributed by atoms with van der Waals surface area (Å²) in [6.45, 7) is 5.04. The Balaban J connectivity index is 0.00000324. The third-order valence-corrected chi connectivity index (χ3v) is 9.40. The molecule has 4 rings (SSSR count). The molecule has 2 aromatic rings. The van der Waals surface area contributed by atoms with Crippen molar-refractivity contribution in [2.24, 2.45) is 7.05 Å². The van der Waals surface area contributed by atoms with E-state index in [1.54, 1.807) is 6.92 Å². The molecule has 34 heavy (non-hydrogen) atoms. The topological polar surface area (TPSA) is 64.4 Å². The maximum absolute atomic E-state index is 12.3. The summed E-state index contributed by atoms with van der Waals surface area (Å²) in [5.74, 6) is 0.777. The zero-order valence-corrected chi connectivity index (χ0v) is 22.7. The van der Waals surface area contributed by atoms with Crippen molar-refractivity contribution in [2.75, 3.05) is 24.7 Å². The predicted octanol–water partition coefficient (Wildman–Crippen LogP) is 4.58. The van der Waals surface area contributed by atoms with Gasteiger partial charge < -0.3 is 4.74 Å². The van der Waals surface area contributed by atoms with Crippen molar-refractivity contribution in [3.05, 3.63) is 52.3 Å². The molecule has 1 aliphatic carbocycles. The van der Waals surface area contributed by atoms with E-state index < -0.39 is 9.84 Å². The van der Waals surface area contributed by atoms with Crippen LogP contribution in [0.1, 0.15) is 55.5 Å². The minimum atomic E-state index is -3.08. The standard InChI is InChI=1S/C25H36ClN3O3S.ClH/c1-4-33(30,31)17-24-15-29(23(16-32-24)14-19-5-9-21(26)10-6-19)22-11-7-20(8-12-22)25-13-18(2)28(3)27-25;/h5-6,9-10,13,20,22-24H,4,7-8,11-12,14-17H2,1-3H3;1H/t20?,22?,23-,24+;/m0./s1. The molecule has 0 amide bonds. The van der Waals surface area contributed by atoms with Gasteiger partial charge in [0, 0.05) is 48.1 Å². The van der Waals surface area contributed by atoms with Crippen molar-refractivity contribution in [1.29, 1.82) is 0 Å². The Morgan fingerprint density at radius 1 is 1.15 bits per heavy atom. The van der Waals surface area contributed by atoms with E-state index in [0.717, 1.165) is 37.1 Å². The highest BCUT2D eigenvalue weighted by Gasteiger charge is 2.37. The number of benzene rings is 1. The van der Waals surface area contributed by atoms with Gasteiger partial charge in [-0.25, -0.2) is 8.42 Å². The second-order valence-corrected chi connectivity index (χ2v) is 12.5. The van der Waals surface area contributed by atoms with E-state index in [9.17, 15) is 8.42 Å². The molecule has 0 spiro atoms. The van der Waals surface area contributed by atoms with Gasteiger partial charge in [0.05, 0.1) is 24.2 Å². The van der Waals surface area contributed by atoms with E-state index in [1.807, 2.05) is 23.9 Å². The number of morpholine rings is 1. The maximum atomic E-state index is 12.3. The highest BCUT2D eigenvalue weighted by atomic mass is 35.5. The lowest BCUT2D eigenvalue weighted by atomic mass is 9.82. The third kappa shape index (κ3) is 6.76. The van der Waals surface area contributed by atoms with Crippen LogP contribution in [-0.4, -0.2) is 65.9 Å². The summed E-state index contributed by atoms with van der Waals surface area (Å²) in [5, 5.41) is 5.46. The number of hydrogen-bond acceptors (Lipinski definition) is 5. The van der Waals surface area contributed by atoms with Gasteiger partial charge in [-0.3, -0.25) is 9.58 Å². The Bertz CT molecular complexity index is 1010. The Hall–Kier alpha value is -1.12. The molecule has 0 bridgehead atoms. The van der Waals surface area contributed by atoms with Crippen LogP contribution < -0.4 is 0 Å². The van der Waals surface area contributed by atoms with E-state index in [-0.39, 0.29) is 36.1 Å². The molecule has 9 heteroatoms. The lowest BCUT2D eigenvalue weighted by Crippen LogP contribution is -2.56. The molecular weight excluding hydrogens is 493 g/mol. The molecule has 0 radical (unpaired) electrons. The molecule has 2 atom stereocenters. The summed E-state index contributed by atoms with van der Waals surface area (Å²) >= 11 is 6.08. The normalized spacial score (nSPS) is 26.2. The van der Waals surface area contributed by atoms with Gasteiger partial charge in [-0.05, 0) is 62.8 Å². The molecule has 2 heterocycles. The lowest BCUT2D eigenvalue weighted by Gasteiger charge is -2.46. The first-order chi connectivity index (χ1) is 15.7. The van der Waals surface area contributed by atoms with Crippen molar-refractivity contribution >= 4 is 33.8 Å². The monoisotopic (exact) mass is 529 g/mol. The van der Waals surface area contributed by atoms with Crippen LogP contribution in [0.5, 0.6) is 0 Å². The Morgan fingerprint density at radius 2 is 1.82 bits per heavy atom. The van der Waals surface area contributed by atoms with Crippen molar-refractivity contribution in [1.82, 2.24) is 14.7 Å². The summed E-state index contributed by atoms with van der Waals surface area (Å²) in [5.41, 5.74) is 3.64. The molecule has 1 aromatic carbocycles. The molecular formula is C25H37Cl2N3O3S. The quantitative estimate of drug-likeness (QED) is 0.525. The lowest BCUT2D eigenvalue weighted by molar-refractivity contribution is -0.0756. The molecule has 1 aromatic heterocycles. The number of aromatic nitrogens is 2. The van der Waals surface area contributed by atoms with E-state index in [0.29, 0.717) is 25.1 Å². The van der Waals surface area contributed by atoms with Gasteiger partial charge in [-0.1, -0.05) is 30.7 Å².